The molecule has 0 heterocycles. The largest absolute Gasteiger partial charge is 0.462 e. The van der Waals surface area contributed by atoms with Gasteiger partial charge in [0.15, 0.2) is 6.10 Å². The number of hydrogen-bond acceptors (Lipinski definition) is 6. The van der Waals surface area contributed by atoms with Crippen LogP contribution in [0, 0.1) is 11.8 Å². The average Bonchev–Trinajstić information content (AvgIpc) is 3.28. The Labute approximate surface area is 399 Å². The van der Waals surface area contributed by atoms with Crippen molar-refractivity contribution in [3.8, 4) is 0 Å². The third-order valence-corrected chi connectivity index (χ3v) is 13.6. The normalized spacial score (nSPS) is 12.5. The summed E-state index contributed by atoms with van der Waals surface area (Å²) in [5, 5.41) is 0. The van der Waals surface area contributed by atoms with Crippen molar-refractivity contribution in [1.29, 1.82) is 0 Å². The predicted molar refractivity (Wildman–Crippen MR) is 275 cm³/mol. The summed E-state index contributed by atoms with van der Waals surface area (Å²) in [5.41, 5.74) is 0. The van der Waals surface area contributed by atoms with Gasteiger partial charge in [0.1, 0.15) is 13.2 Å². The second-order valence-corrected chi connectivity index (χ2v) is 20.6. The minimum absolute atomic E-state index is 0.0628. The number of hydrogen-bond donors (Lipinski definition) is 0. The molecule has 0 aliphatic carbocycles. The molecule has 2 atom stereocenters. The highest BCUT2D eigenvalue weighted by Crippen LogP contribution is 2.18. The van der Waals surface area contributed by atoms with E-state index in [-0.39, 0.29) is 31.1 Å². The Hall–Kier alpha value is -1.59. The summed E-state index contributed by atoms with van der Waals surface area (Å²) < 4.78 is 16.9. The molecule has 0 N–H and O–H groups in total. The Kier molecular flexibility index (Phi) is 49.6. The fourth-order valence-corrected chi connectivity index (χ4v) is 8.84. The molecule has 0 spiro atoms. The van der Waals surface area contributed by atoms with E-state index in [9.17, 15) is 14.4 Å². The third-order valence-electron chi connectivity index (χ3n) is 13.6. The molecule has 6 heteroatoms. The summed E-state index contributed by atoms with van der Waals surface area (Å²) in [6, 6.07) is 0. The van der Waals surface area contributed by atoms with Gasteiger partial charge in [0.05, 0.1) is 0 Å². The Balaban J connectivity index is 4.21. The topological polar surface area (TPSA) is 78.9 Å². The molecular weight excluding hydrogens is 793 g/mol. The van der Waals surface area contributed by atoms with E-state index in [1.165, 1.54) is 212 Å². The molecule has 0 saturated carbocycles. The number of carbonyl (C=O) groups is 3. The molecule has 380 valence electrons. The molecule has 0 amide bonds. The molecule has 0 bridgehead atoms. The van der Waals surface area contributed by atoms with Gasteiger partial charge in [-0.05, 0) is 31.1 Å². The maximum absolute atomic E-state index is 12.8. The molecule has 0 saturated heterocycles. The first kappa shape index (κ1) is 62.4. The van der Waals surface area contributed by atoms with Crippen LogP contribution in [0.4, 0.5) is 0 Å². The van der Waals surface area contributed by atoms with E-state index in [0.29, 0.717) is 19.3 Å². The fraction of sp³-hybridized carbons (Fsp3) is 0.948. The van der Waals surface area contributed by atoms with Crippen molar-refractivity contribution in [3.63, 3.8) is 0 Å². The smallest absolute Gasteiger partial charge is 0.306 e. The van der Waals surface area contributed by atoms with Crippen LogP contribution in [0.25, 0.3) is 0 Å². The molecule has 0 aliphatic rings. The standard InChI is InChI=1S/C58H112O6/c1-6-8-9-10-11-12-21-30-35-40-45-50-58(61)64-55(52-63-57(60)49-44-39-34-29-25-24-27-32-37-42-47-54(5)7-2)51-62-56(59)48-43-38-33-28-23-20-18-16-14-13-15-17-19-22-26-31-36-41-46-53(3)4/h53-55H,6-52H2,1-5H3/t54?,55-/m1/s1. The van der Waals surface area contributed by atoms with E-state index in [2.05, 4.69) is 34.6 Å². The van der Waals surface area contributed by atoms with Crippen molar-refractivity contribution in [2.45, 2.75) is 330 Å². The molecule has 1 unspecified atom stereocenters. The molecule has 0 aromatic carbocycles. The summed E-state index contributed by atoms with van der Waals surface area (Å²) >= 11 is 0. The molecule has 6 nitrogen and oxygen atoms in total. The molecule has 0 rings (SSSR count). The van der Waals surface area contributed by atoms with Crippen LogP contribution in [-0.2, 0) is 28.6 Å². The van der Waals surface area contributed by atoms with Crippen molar-refractivity contribution in [1.82, 2.24) is 0 Å². The van der Waals surface area contributed by atoms with Gasteiger partial charge in [-0.15, -0.1) is 0 Å². The van der Waals surface area contributed by atoms with E-state index in [4.69, 9.17) is 14.2 Å². The summed E-state index contributed by atoms with van der Waals surface area (Å²) in [6.45, 7) is 11.4. The first-order valence-electron chi connectivity index (χ1n) is 28.8. The maximum Gasteiger partial charge on any atom is 0.306 e. The first-order valence-corrected chi connectivity index (χ1v) is 28.8. The fourth-order valence-electron chi connectivity index (χ4n) is 8.84. The zero-order valence-electron chi connectivity index (χ0n) is 43.9. The molecule has 0 aromatic rings. The molecule has 0 aliphatic heterocycles. The van der Waals surface area contributed by atoms with Crippen molar-refractivity contribution < 1.29 is 28.6 Å². The van der Waals surface area contributed by atoms with Gasteiger partial charge in [0.2, 0.25) is 0 Å². The number of ether oxygens (including phenoxy) is 3. The van der Waals surface area contributed by atoms with Crippen molar-refractivity contribution in [2.24, 2.45) is 11.8 Å². The lowest BCUT2D eigenvalue weighted by atomic mass is 9.99. The van der Waals surface area contributed by atoms with Gasteiger partial charge in [-0.3, -0.25) is 14.4 Å². The van der Waals surface area contributed by atoms with Gasteiger partial charge >= 0.3 is 17.9 Å². The minimum atomic E-state index is -0.762. The van der Waals surface area contributed by atoms with Crippen LogP contribution < -0.4 is 0 Å². The number of carbonyl (C=O) groups excluding carboxylic acids is 3. The van der Waals surface area contributed by atoms with Crippen LogP contribution >= 0.6 is 0 Å². The highest BCUT2D eigenvalue weighted by Gasteiger charge is 2.19. The summed E-state index contributed by atoms with van der Waals surface area (Å²) in [6.07, 6.45) is 53.8. The van der Waals surface area contributed by atoms with E-state index in [0.717, 1.165) is 69.6 Å². The van der Waals surface area contributed by atoms with Crippen LogP contribution in [-0.4, -0.2) is 37.2 Å². The molecular formula is C58H112O6. The van der Waals surface area contributed by atoms with Gasteiger partial charge in [-0.25, -0.2) is 0 Å². The summed E-state index contributed by atoms with van der Waals surface area (Å²) in [5.74, 6) is 0.887. The Bertz CT molecular complexity index is 980. The lowest BCUT2D eigenvalue weighted by molar-refractivity contribution is -0.167. The van der Waals surface area contributed by atoms with Gasteiger partial charge in [0, 0.05) is 19.3 Å². The number of esters is 3. The summed E-state index contributed by atoms with van der Waals surface area (Å²) in [4.78, 5) is 38.1. The Morgan fingerprint density at radius 1 is 0.328 bits per heavy atom. The highest BCUT2D eigenvalue weighted by atomic mass is 16.6. The molecule has 0 fully saturated rings. The van der Waals surface area contributed by atoms with Gasteiger partial charge < -0.3 is 14.2 Å². The lowest BCUT2D eigenvalue weighted by Gasteiger charge is -2.18. The number of rotatable bonds is 52. The van der Waals surface area contributed by atoms with Crippen molar-refractivity contribution in [3.05, 3.63) is 0 Å². The van der Waals surface area contributed by atoms with Crippen LogP contribution in [0.1, 0.15) is 324 Å². The highest BCUT2D eigenvalue weighted by molar-refractivity contribution is 5.71. The quantitative estimate of drug-likeness (QED) is 0.0344. The van der Waals surface area contributed by atoms with Gasteiger partial charge in [0.25, 0.3) is 0 Å². The van der Waals surface area contributed by atoms with E-state index in [1.54, 1.807) is 0 Å². The zero-order chi connectivity index (χ0) is 46.8. The van der Waals surface area contributed by atoms with Crippen LogP contribution in [0.5, 0.6) is 0 Å². The predicted octanol–water partition coefficient (Wildman–Crippen LogP) is 18.9. The zero-order valence-corrected chi connectivity index (χ0v) is 43.9. The van der Waals surface area contributed by atoms with Gasteiger partial charge in [-0.2, -0.15) is 0 Å². The first-order chi connectivity index (χ1) is 31.3. The van der Waals surface area contributed by atoms with E-state index >= 15 is 0 Å². The average molecular weight is 906 g/mol. The number of unbranched alkanes of at least 4 members (excludes halogenated alkanes) is 36. The van der Waals surface area contributed by atoms with Crippen molar-refractivity contribution >= 4 is 17.9 Å². The van der Waals surface area contributed by atoms with Gasteiger partial charge in [-0.1, -0.05) is 285 Å². The maximum atomic E-state index is 12.8. The lowest BCUT2D eigenvalue weighted by Crippen LogP contribution is -2.30. The molecule has 0 radical (unpaired) electrons. The van der Waals surface area contributed by atoms with Crippen LogP contribution in [0.2, 0.25) is 0 Å². The summed E-state index contributed by atoms with van der Waals surface area (Å²) in [7, 11) is 0. The Morgan fingerprint density at radius 3 is 0.891 bits per heavy atom. The monoisotopic (exact) mass is 905 g/mol. The SMILES string of the molecule is CCCCCCCCCCCCCC(=O)O[C@H](COC(=O)CCCCCCCCCCCCCCCCCCCCC(C)C)COC(=O)CCCCCCCCCCCCC(C)CC. The van der Waals surface area contributed by atoms with Crippen molar-refractivity contribution in [2.75, 3.05) is 13.2 Å². The van der Waals surface area contributed by atoms with E-state index in [1.807, 2.05) is 0 Å². The molecule has 0 aromatic heterocycles. The van der Waals surface area contributed by atoms with Crippen LogP contribution in [0.3, 0.4) is 0 Å². The third kappa shape index (κ3) is 49.8. The Morgan fingerprint density at radius 2 is 0.594 bits per heavy atom. The van der Waals surface area contributed by atoms with E-state index < -0.39 is 6.10 Å². The minimum Gasteiger partial charge on any atom is -0.462 e. The molecule has 64 heavy (non-hydrogen) atoms. The second kappa shape index (κ2) is 50.8. The van der Waals surface area contributed by atoms with Crippen LogP contribution in [0.15, 0.2) is 0 Å². The second-order valence-electron chi connectivity index (χ2n) is 20.6.